The van der Waals surface area contributed by atoms with Gasteiger partial charge in [0.2, 0.25) is 0 Å². The van der Waals surface area contributed by atoms with Crippen molar-refractivity contribution in [3.63, 3.8) is 0 Å². The van der Waals surface area contributed by atoms with E-state index in [0.29, 0.717) is 11.3 Å². The topological polar surface area (TPSA) is 4.93 Å². The van der Waals surface area contributed by atoms with Crippen molar-refractivity contribution in [1.82, 2.24) is 4.57 Å². The number of hydrogen-bond acceptors (Lipinski definition) is 0. The maximum atomic E-state index is 2.52. The van der Waals surface area contributed by atoms with Gasteiger partial charge in [0.1, 0.15) is 0 Å². The molecule has 0 saturated heterocycles. The summed E-state index contributed by atoms with van der Waals surface area (Å²) >= 11 is 0. The highest BCUT2D eigenvalue weighted by atomic mass is 15.0. The summed E-state index contributed by atoms with van der Waals surface area (Å²) in [5.74, 6) is 0.619. The summed E-state index contributed by atoms with van der Waals surface area (Å²) in [6.07, 6.45) is 16.0. The SMILES string of the molecule is CC(C)(C)CC(CCCc1ccc(CCCCn2c3ccccc3c3ccccc32)cc1)c1ccc(CCCCc2ccc3c(c2)CC3)cc1. The van der Waals surface area contributed by atoms with Crippen LogP contribution in [0.25, 0.3) is 21.8 Å². The second-order valence-electron chi connectivity index (χ2n) is 16.4. The summed E-state index contributed by atoms with van der Waals surface area (Å²) in [4.78, 5) is 0. The first kappa shape index (κ1) is 34.4. The minimum atomic E-state index is 0.324. The fourth-order valence-corrected chi connectivity index (χ4v) is 8.41. The smallest absolute Gasteiger partial charge is 0.0491 e. The van der Waals surface area contributed by atoms with Crippen molar-refractivity contribution < 1.29 is 0 Å². The van der Waals surface area contributed by atoms with Gasteiger partial charge in [-0.3, -0.25) is 0 Å². The Bertz CT molecular complexity index is 1930. The van der Waals surface area contributed by atoms with Crippen molar-refractivity contribution >= 4 is 21.8 Å². The molecule has 0 fully saturated rings. The highest BCUT2D eigenvalue weighted by Gasteiger charge is 2.20. The first-order valence-electron chi connectivity index (χ1n) is 19.6. The predicted octanol–water partition coefficient (Wildman–Crippen LogP) is 13.0. The van der Waals surface area contributed by atoms with Crippen LogP contribution in [0.5, 0.6) is 0 Å². The summed E-state index contributed by atoms with van der Waals surface area (Å²) < 4.78 is 2.52. The molecule has 0 bridgehead atoms. The van der Waals surface area contributed by atoms with E-state index in [2.05, 4.69) is 141 Å². The number of nitrogens with zero attached hydrogens (tertiary/aromatic N) is 1. The van der Waals surface area contributed by atoms with Gasteiger partial charge in [0.25, 0.3) is 0 Å². The number of rotatable bonds is 16. The number of unbranched alkanes of at least 4 members (excludes halogenated alkanes) is 2. The molecule has 1 atom stereocenters. The zero-order valence-corrected chi connectivity index (χ0v) is 30.9. The van der Waals surface area contributed by atoms with E-state index in [1.165, 1.54) is 120 Å². The van der Waals surface area contributed by atoms with Crippen LogP contribution in [0, 0.1) is 5.41 Å². The summed E-state index contributed by atoms with van der Waals surface area (Å²) in [5.41, 5.74) is 13.7. The Morgan fingerprint density at radius 3 is 1.58 bits per heavy atom. The summed E-state index contributed by atoms with van der Waals surface area (Å²) in [6, 6.07) is 44.1. The Hall–Kier alpha value is -4.10. The summed E-state index contributed by atoms with van der Waals surface area (Å²) in [7, 11) is 0. The third-order valence-corrected chi connectivity index (χ3v) is 11.2. The normalized spacial score (nSPS) is 13.4. The fraction of sp³-hybridized carbons (Fsp3) is 0.388. The lowest BCUT2D eigenvalue weighted by atomic mass is 9.79. The van der Waals surface area contributed by atoms with Crippen molar-refractivity contribution in [1.29, 1.82) is 0 Å². The number of fused-ring (bicyclic) bond motifs is 4. The molecule has 1 aliphatic rings. The van der Waals surface area contributed by atoms with Crippen LogP contribution >= 0.6 is 0 Å². The Morgan fingerprint density at radius 2 is 1.02 bits per heavy atom. The van der Waals surface area contributed by atoms with Gasteiger partial charge >= 0.3 is 0 Å². The number of aryl methyl sites for hydroxylation is 7. The molecule has 50 heavy (non-hydrogen) atoms. The van der Waals surface area contributed by atoms with Crippen LogP contribution in [-0.4, -0.2) is 4.57 Å². The van der Waals surface area contributed by atoms with Crippen molar-refractivity contribution in [2.24, 2.45) is 5.41 Å². The average molecular weight is 660 g/mol. The molecule has 6 aromatic rings. The highest BCUT2D eigenvalue weighted by molar-refractivity contribution is 6.07. The lowest BCUT2D eigenvalue weighted by Crippen LogP contribution is -2.12. The van der Waals surface area contributed by atoms with Gasteiger partial charge in [0, 0.05) is 28.4 Å². The summed E-state index contributed by atoms with van der Waals surface area (Å²) in [6.45, 7) is 8.26. The Morgan fingerprint density at radius 1 is 0.520 bits per heavy atom. The van der Waals surface area contributed by atoms with Gasteiger partial charge in [-0.05, 0) is 146 Å². The molecule has 1 heterocycles. The van der Waals surface area contributed by atoms with Gasteiger partial charge < -0.3 is 4.57 Å². The molecule has 1 unspecified atom stereocenters. The second-order valence-corrected chi connectivity index (χ2v) is 16.4. The van der Waals surface area contributed by atoms with Crippen LogP contribution in [0.15, 0.2) is 115 Å². The zero-order valence-electron chi connectivity index (χ0n) is 30.9. The van der Waals surface area contributed by atoms with E-state index in [1.807, 2.05) is 0 Å². The number of benzene rings is 5. The zero-order chi connectivity index (χ0) is 34.3. The molecule has 5 aromatic carbocycles. The van der Waals surface area contributed by atoms with Crippen molar-refractivity contribution in [3.8, 4) is 0 Å². The van der Waals surface area contributed by atoms with Gasteiger partial charge in [-0.25, -0.2) is 0 Å². The fourth-order valence-electron chi connectivity index (χ4n) is 8.41. The molecule has 0 spiro atoms. The molecule has 0 aliphatic heterocycles. The molecule has 1 aromatic heterocycles. The Kier molecular flexibility index (Phi) is 10.9. The van der Waals surface area contributed by atoms with Gasteiger partial charge in [0.15, 0.2) is 0 Å². The summed E-state index contributed by atoms with van der Waals surface area (Å²) in [5, 5.41) is 2.74. The molecule has 0 N–H and O–H groups in total. The molecule has 0 saturated carbocycles. The minimum Gasteiger partial charge on any atom is -0.340 e. The van der Waals surface area contributed by atoms with Crippen LogP contribution in [-0.2, 0) is 45.1 Å². The van der Waals surface area contributed by atoms with Gasteiger partial charge in [-0.2, -0.15) is 0 Å². The molecule has 0 radical (unpaired) electrons. The second kappa shape index (κ2) is 15.8. The minimum absolute atomic E-state index is 0.324. The van der Waals surface area contributed by atoms with E-state index < -0.39 is 0 Å². The Labute approximate surface area is 301 Å². The van der Waals surface area contributed by atoms with Crippen molar-refractivity contribution in [3.05, 3.63) is 154 Å². The quantitative estimate of drug-likeness (QED) is 0.0911. The molecule has 1 nitrogen and oxygen atoms in total. The van der Waals surface area contributed by atoms with Crippen LogP contribution in [0.3, 0.4) is 0 Å². The maximum absolute atomic E-state index is 2.52. The first-order chi connectivity index (χ1) is 24.4. The third-order valence-electron chi connectivity index (χ3n) is 11.2. The van der Waals surface area contributed by atoms with Gasteiger partial charge in [-0.1, -0.05) is 124 Å². The molecule has 258 valence electrons. The van der Waals surface area contributed by atoms with Crippen LogP contribution in [0.4, 0.5) is 0 Å². The van der Waals surface area contributed by atoms with Gasteiger partial charge in [0.05, 0.1) is 0 Å². The monoisotopic (exact) mass is 659 g/mol. The number of para-hydroxylation sites is 2. The average Bonchev–Trinajstić information content (AvgIpc) is 3.43. The van der Waals surface area contributed by atoms with Crippen molar-refractivity contribution in [2.75, 3.05) is 0 Å². The van der Waals surface area contributed by atoms with E-state index in [1.54, 1.807) is 11.1 Å². The first-order valence-corrected chi connectivity index (χ1v) is 19.6. The largest absolute Gasteiger partial charge is 0.340 e. The van der Waals surface area contributed by atoms with Gasteiger partial charge in [-0.15, -0.1) is 0 Å². The van der Waals surface area contributed by atoms with E-state index in [0.717, 1.165) is 19.4 Å². The Balaban J connectivity index is 0.858. The molecule has 1 aliphatic carbocycles. The van der Waals surface area contributed by atoms with Crippen molar-refractivity contribution in [2.45, 2.75) is 117 Å². The lowest BCUT2D eigenvalue weighted by molar-refractivity contribution is 0.328. The van der Waals surface area contributed by atoms with E-state index in [9.17, 15) is 0 Å². The molecule has 1 heteroatoms. The van der Waals surface area contributed by atoms with E-state index in [-0.39, 0.29) is 0 Å². The van der Waals surface area contributed by atoms with Crippen LogP contribution in [0.1, 0.15) is 111 Å². The molecule has 7 rings (SSSR count). The molecular weight excluding hydrogens is 603 g/mol. The number of aromatic nitrogens is 1. The highest BCUT2D eigenvalue weighted by Crippen LogP contribution is 2.35. The third kappa shape index (κ3) is 8.60. The van der Waals surface area contributed by atoms with E-state index in [4.69, 9.17) is 0 Å². The standard InChI is InChI=1S/C49H57N/c1-49(2,3)36-44(42-29-26-38(27-30-42)13-4-5-15-40-28-31-41-32-33-43(41)35-40)17-12-16-39-24-22-37(23-25-39)14-10-11-34-50-47-20-8-6-18-45(47)46-19-7-9-21-48(46)50/h6-9,18-31,35,44H,4-5,10-17,32-34,36H2,1-3H3. The molecular formula is C49H57N. The number of hydrogen-bond donors (Lipinski definition) is 0. The van der Waals surface area contributed by atoms with Crippen LogP contribution in [0.2, 0.25) is 0 Å². The lowest BCUT2D eigenvalue weighted by Gasteiger charge is -2.27. The van der Waals surface area contributed by atoms with E-state index >= 15 is 0 Å². The van der Waals surface area contributed by atoms with Crippen LogP contribution < -0.4 is 0 Å². The molecule has 0 amide bonds. The maximum Gasteiger partial charge on any atom is 0.0491 e. The predicted molar refractivity (Wildman–Crippen MR) is 216 cm³/mol.